The maximum absolute atomic E-state index is 5.72. The van der Waals surface area contributed by atoms with E-state index >= 15 is 0 Å². The van der Waals surface area contributed by atoms with Gasteiger partial charge in [-0.1, -0.05) is 11.8 Å². The molecule has 6 nitrogen and oxygen atoms in total. The van der Waals surface area contributed by atoms with Crippen LogP contribution in [0, 0.1) is 0 Å². The Bertz CT molecular complexity index is 729. The molecule has 3 aromatic heterocycles. The van der Waals surface area contributed by atoms with E-state index < -0.39 is 0 Å². The van der Waals surface area contributed by atoms with Crippen LogP contribution in [0.4, 0.5) is 5.82 Å². The Hall–Kier alpha value is -2.41. The van der Waals surface area contributed by atoms with Crippen molar-refractivity contribution in [3.63, 3.8) is 0 Å². The van der Waals surface area contributed by atoms with Crippen molar-refractivity contribution >= 4 is 17.6 Å². The highest BCUT2D eigenvalue weighted by Gasteiger charge is 2.15. The van der Waals surface area contributed by atoms with E-state index in [0.29, 0.717) is 33.8 Å². The van der Waals surface area contributed by atoms with Crippen LogP contribution < -0.4 is 5.73 Å². The van der Waals surface area contributed by atoms with Crippen molar-refractivity contribution in [1.82, 2.24) is 19.9 Å². The number of hydrogen-bond donors (Lipinski definition) is 1. The summed E-state index contributed by atoms with van der Waals surface area (Å²) in [4.78, 5) is 17.2. The van der Waals surface area contributed by atoms with Crippen molar-refractivity contribution in [2.24, 2.45) is 0 Å². The van der Waals surface area contributed by atoms with Crippen LogP contribution in [0.25, 0.3) is 22.8 Å². The van der Waals surface area contributed by atoms with Gasteiger partial charge in [0.15, 0.2) is 10.9 Å². The minimum absolute atomic E-state index is 0.333. The summed E-state index contributed by atoms with van der Waals surface area (Å²) in [7, 11) is 0. The SMILES string of the molecule is CSc1nccc(-c2ncc(N)nc2-c2ccco2)n1. The fourth-order valence-corrected chi connectivity index (χ4v) is 2.10. The van der Waals surface area contributed by atoms with Gasteiger partial charge in [-0.2, -0.15) is 0 Å². The van der Waals surface area contributed by atoms with Gasteiger partial charge in [0.1, 0.15) is 17.2 Å². The standard InChI is InChI=1S/C13H11N5OS/c1-20-13-15-5-4-8(17-13)11-12(9-3-2-6-19-9)18-10(14)7-16-11/h2-7H,1H3,(H2,14,18). The predicted octanol–water partition coefficient (Wildman–Crippen LogP) is 2.50. The molecule has 0 fully saturated rings. The van der Waals surface area contributed by atoms with Crippen LogP contribution in [-0.2, 0) is 0 Å². The molecular weight excluding hydrogens is 274 g/mol. The quantitative estimate of drug-likeness (QED) is 0.584. The van der Waals surface area contributed by atoms with Gasteiger partial charge in [0, 0.05) is 6.20 Å². The maximum atomic E-state index is 5.72. The smallest absolute Gasteiger partial charge is 0.187 e. The van der Waals surface area contributed by atoms with Gasteiger partial charge in [-0.3, -0.25) is 0 Å². The number of nitrogen functional groups attached to an aromatic ring is 1. The zero-order valence-electron chi connectivity index (χ0n) is 10.6. The van der Waals surface area contributed by atoms with Gasteiger partial charge in [0.25, 0.3) is 0 Å². The molecule has 3 aromatic rings. The first kappa shape index (κ1) is 12.6. The predicted molar refractivity (Wildman–Crippen MR) is 77.0 cm³/mol. The first-order valence-electron chi connectivity index (χ1n) is 5.81. The molecule has 3 heterocycles. The molecule has 0 atom stereocenters. The average Bonchev–Trinajstić information content (AvgIpc) is 3.01. The second-order valence-electron chi connectivity index (χ2n) is 3.90. The fraction of sp³-hybridized carbons (Fsp3) is 0.0769. The summed E-state index contributed by atoms with van der Waals surface area (Å²) < 4.78 is 5.39. The molecule has 0 spiro atoms. The molecule has 100 valence electrons. The lowest BCUT2D eigenvalue weighted by atomic mass is 10.2. The van der Waals surface area contributed by atoms with Crippen molar-refractivity contribution in [3.8, 4) is 22.8 Å². The molecule has 0 amide bonds. The van der Waals surface area contributed by atoms with Gasteiger partial charge in [0.05, 0.1) is 18.2 Å². The van der Waals surface area contributed by atoms with Crippen LogP contribution in [-0.4, -0.2) is 26.2 Å². The van der Waals surface area contributed by atoms with Crippen LogP contribution in [0.2, 0.25) is 0 Å². The molecule has 0 aliphatic heterocycles. The van der Waals surface area contributed by atoms with Gasteiger partial charge < -0.3 is 10.2 Å². The molecule has 0 radical (unpaired) electrons. The van der Waals surface area contributed by atoms with Gasteiger partial charge in [-0.05, 0) is 24.5 Å². The Balaban J connectivity index is 2.18. The molecular formula is C13H11N5OS. The van der Waals surface area contributed by atoms with Crippen molar-refractivity contribution in [1.29, 1.82) is 0 Å². The molecule has 20 heavy (non-hydrogen) atoms. The van der Waals surface area contributed by atoms with Crippen molar-refractivity contribution in [2.45, 2.75) is 5.16 Å². The number of hydrogen-bond acceptors (Lipinski definition) is 7. The molecule has 3 rings (SSSR count). The third-order valence-electron chi connectivity index (χ3n) is 2.60. The first-order valence-corrected chi connectivity index (χ1v) is 7.04. The highest BCUT2D eigenvalue weighted by molar-refractivity contribution is 7.98. The van der Waals surface area contributed by atoms with E-state index in [-0.39, 0.29) is 0 Å². The Morgan fingerprint density at radius 2 is 2.05 bits per heavy atom. The van der Waals surface area contributed by atoms with Crippen LogP contribution in [0.5, 0.6) is 0 Å². The van der Waals surface area contributed by atoms with E-state index in [1.165, 1.54) is 18.0 Å². The minimum atomic E-state index is 0.333. The maximum Gasteiger partial charge on any atom is 0.187 e. The third kappa shape index (κ3) is 2.35. The highest BCUT2D eigenvalue weighted by Crippen LogP contribution is 2.28. The lowest BCUT2D eigenvalue weighted by Gasteiger charge is -2.06. The Morgan fingerprint density at radius 3 is 2.80 bits per heavy atom. The first-order chi connectivity index (χ1) is 9.78. The molecule has 0 unspecified atom stereocenters. The lowest BCUT2D eigenvalue weighted by molar-refractivity contribution is 0.580. The normalized spacial score (nSPS) is 10.7. The highest BCUT2D eigenvalue weighted by atomic mass is 32.2. The van der Waals surface area contributed by atoms with Gasteiger partial charge in [-0.25, -0.2) is 19.9 Å². The topological polar surface area (TPSA) is 90.7 Å². The molecule has 0 saturated heterocycles. The summed E-state index contributed by atoms with van der Waals surface area (Å²) in [6.07, 6.45) is 6.69. The number of anilines is 1. The second kappa shape index (κ2) is 5.30. The zero-order valence-corrected chi connectivity index (χ0v) is 11.5. The van der Waals surface area contributed by atoms with Crippen LogP contribution in [0.15, 0.2) is 46.4 Å². The molecule has 0 bridgehead atoms. The van der Waals surface area contributed by atoms with E-state index in [1.54, 1.807) is 24.6 Å². The van der Waals surface area contributed by atoms with Crippen LogP contribution >= 0.6 is 11.8 Å². The van der Waals surface area contributed by atoms with E-state index in [9.17, 15) is 0 Å². The van der Waals surface area contributed by atoms with Crippen LogP contribution in [0.1, 0.15) is 0 Å². The Morgan fingerprint density at radius 1 is 1.15 bits per heavy atom. The number of aromatic nitrogens is 4. The van der Waals surface area contributed by atoms with Gasteiger partial charge in [-0.15, -0.1) is 0 Å². The average molecular weight is 285 g/mol. The van der Waals surface area contributed by atoms with Crippen molar-refractivity contribution < 1.29 is 4.42 Å². The molecule has 0 aliphatic carbocycles. The summed E-state index contributed by atoms with van der Waals surface area (Å²) in [6, 6.07) is 5.38. The summed E-state index contributed by atoms with van der Waals surface area (Å²) in [5.41, 5.74) is 7.59. The molecule has 7 heteroatoms. The number of rotatable bonds is 3. The molecule has 0 aliphatic rings. The minimum Gasteiger partial charge on any atom is -0.463 e. The monoisotopic (exact) mass is 285 g/mol. The summed E-state index contributed by atoms with van der Waals surface area (Å²) in [6.45, 7) is 0. The zero-order chi connectivity index (χ0) is 13.9. The number of nitrogens with zero attached hydrogens (tertiary/aromatic N) is 4. The number of furan rings is 1. The van der Waals surface area contributed by atoms with Crippen molar-refractivity contribution in [2.75, 3.05) is 12.0 Å². The van der Waals surface area contributed by atoms with Crippen molar-refractivity contribution in [3.05, 3.63) is 36.9 Å². The van der Waals surface area contributed by atoms with Gasteiger partial charge in [0.2, 0.25) is 0 Å². The molecule has 2 N–H and O–H groups in total. The van der Waals surface area contributed by atoms with E-state index in [2.05, 4.69) is 19.9 Å². The fourth-order valence-electron chi connectivity index (χ4n) is 1.75. The van der Waals surface area contributed by atoms with E-state index in [4.69, 9.17) is 10.2 Å². The lowest BCUT2D eigenvalue weighted by Crippen LogP contribution is -1.99. The Labute approximate surface area is 119 Å². The van der Waals surface area contributed by atoms with E-state index in [1.807, 2.05) is 12.3 Å². The second-order valence-corrected chi connectivity index (χ2v) is 4.67. The summed E-state index contributed by atoms with van der Waals surface area (Å²) in [5.74, 6) is 0.934. The number of nitrogens with two attached hydrogens (primary N) is 1. The van der Waals surface area contributed by atoms with Gasteiger partial charge >= 0.3 is 0 Å². The summed E-state index contributed by atoms with van der Waals surface area (Å²) >= 11 is 1.47. The van der Waals surface area contributed by atoms with Crippen LogP contribution in [0.3, 0.4) is 0 Å². The summed E-state index contributed by atoms with van der Waals surface area (Å²) in [5, 5.41) is 0.673. The third-order valence-corrected chi connectivity index (χ3v) is 3.17. The van der Waals surface area contributed by atoms with E-state index in [0.717, 1.165) is 0 Å². The molecule has 0 saturated carbocycles. The molecule has 0 aromatic carbocycles. The largest absolute Gasteiger partial charge is 0.463 e. The Kier molecular flexibility index (Phi) is 3.34. The number of thioether (sulfide) groups is 1.